The maximum absolute atomic E-state index is 11.9. The molecule has 2 aromatic heterocycles. The third kappa shape index (κ3) is 3.82. The number of para-hydroxylation sites is 1. The lowest BCUT2D eigenvalue weighted by Crippen LogP contribution is -2.08. The molecule has 0 aliphatic rings. The van der Waals surface area contributed by atoms with Gasteiger partial charge in [0.25, 0.3) is 0 Å². The highest BCUT2D eigenvalue weighted by atomic mass is 32.1. The molecule has 8 heteroatoms. The molecule has 0 radical (unpaired) electrons. The number of methoxy groups -OCH3 is 1. The molecule has 0 fully saturated rings. The summed E-state index contributed by atoms with van der Waals surface area (Å²) < 4.78 is 6.97. The third-order valence-corrected chi connectivity index (χ3v) is 5.95. The van der Waals surface area contributed by atoms with Crippen molar-refractivity contribution in [3.05, 3.63) is 75.6 Å². The number of hydrogen-bond donors (Lipinski definition) is 2. The minimum Gasteiger partial charge on any atom is -0.497 e. The minimum absolute atomic E-state index is 0.0773. The van der Waals surface area contributed by atoms with Gasteiger partial charge in [0.2, 0.25) is 0 Å². The van der Waals surface area contributed by atoms with Crippen LogP contribution in [0.2, 0.25) is 0 Å². The second kappa shape index (κ2) is 8.57. The lowest BCUT2D eigenvalue weighted by molar-refractivity contribution is 0.0697. The summed E-state index contributed by atoms with van der Waals surface area (Å²) in [7, 11) is 1.49. The zero-order chi connectivity index (χ0) is 22.8. The smallest absolute Gasteiger partial charge is 0.337 e. The van der Waals surface area contributed by atoms with Gasteiger partial charge in [-0.2, -0.15) is 10.4 Å². The molecule has 0 bridgehead atoms. The molecule has 2 N–H and O–H groups in total. The first kappa shape index (κ1) is 21.2. The zero-order valence-electron chi connectivity index (χ0n) is 17.7. The Kier molecular flexibility index (Phi) is 5.67. The van der Waals surface area contributed by atoms with Crippen LogP contribution in [0.25, 0.3) is 16.8 Å². The number of rotatable bonds is 6. The quantitative estimate of drug-likeness (QED) is 0.405. The first-order valence-electron chi connectivity index (χ1n) is 9.76. The van der Waals surface area contributed by atoms with Crippen molar-refractivity contribution in [1.29, 1.82) is 5.26 Å². The monoisotopic (exact) mass is 444 g/mol. The number of carboxylic acids is 1. The maximum Gasteiger partial charge on any atom is 0.337 e. The van der Waals surface area contributed by atoms with Crippen molar-refractivity contribution < 1.29 is 14.6 Å². The van der Waals surface area contributed by atoms with Gasteiger partial charge in [-0.05, 0) is 55.3 Å². The van der Waals surface area contributed by atoms with Gasteiger partial charge in [0.1, 0.15) is 22.5 Å². The van der Waals surface area contributed by atoms with Crippen LogP contribution in [0.15, 0.2) is 53.9 Å². The van der Waals surface area contributed by atoms with E-state index in [-0.39, 0.29) is 5.56 Å². The van der Waals surface area contributed by atoms with Gasteiger partial charge in [0.05, 0.1) is 29.7 Å². The van der Waals surface area contributed by atoms with Gasteiger partial charge in [0, 0.05) is 10.9 Å². The van der Waals surface area contributed by atoms with Crippen molar-refractivity contribution in [2.45, 2.75) is 13.8 Å². The van der Waals surface area contributed by atoms with Gasteiger partial charge in [-0.15, -0.1) is 11.3 Å². The molecule has 0 atom stereocenters. The van der Waals surface area contributed by atoms with Crippen LogP contribution in [0.1, 0.15) is 26.5 Å². The first-order valence-corrected chi connectivity index (χ1v) is 10.6. The number of carboxylic acid groups (broad SMARTS) is 1. The van der Waals surface area contributed by atoms with Crippen molar-refractivity contribution in [1.82, 2.24) is 9.78 Å². The lowest BCUT2D eigenvalue weighted by Gasteiger charge is -2.15. The van der Waals surface area contributed by atoms with Crippen molar-refractivity contribution in [2.24, 2.45) is 0 Å². The summed E-state index contributed by atoms with van der Waals surface area (Å²) in [4.78, 5) is 12.5. The number of ether oxygens (including phenoxy) is 1. The Morgan fingerprint density at radius 3 is 2.66 bits per heavy atom. The molecular formula is C24H20N4O3S. The molecule has 4 aromatic rings. The van der Waals surface area contributed by atoms with E-state index in [9.17, 15) is 15.2 Å². The van der Waals surface area contributed by atoms with Gasteiger partial charge in [-0.3, -0.25) is 0 Å². The lowest BCUT2D eigenvalue weighted by atomic mass is 10.1. The number of nitrogens with one attached hydrogen (secondary N) is 1. The van der Waals surface area contributed by atoms with E-state index in [1.165, 1.54) is 24.5 Å². The van der Waals surface area contributed by atoms with E-state index in [0.717, 1.165) is 28.1 Å². The van der Waals surface area contributed by atoms with Crippen LogP contribution < -0.4 is 10.1 Å². The molecule has 0 spiro atoms. The number of aromatic nitrogens is 2. The molecule has 0 aliphatic carbocycles. The minimum atomic E-state index is -1.08. The van der Waals surface area contributed by atoms with Gasteiger partial charge in [-0.1, -0.05) is 18.2 Å². The van der Waals surface area contributed by atoms with Crippen molar-refractivity contribution in [3.8, 4) is 28.6 Å². The maximum atomic E-state index is 11.9. The second-order valence-electron chi connectivity index (χ2n) is 7.16. The van der Waals surface area contributed by atoms with Crippen LogP contribution >= 0.6 is 11.3 Å². The predicted molar refractivity (Wildman–Crippen MR) is 124 cm³/mol. The number of aromatic carboxylic acids is 1. The molecule has 0 saturated carbocycles. The first-order chi connectivity index (χ1) is 15.4. The van der Waals surface area contributed by atoms with Gasteiger partial charge in [0.15, 0.2) is 0 Å². The summed E-state index contributed by atoms with van der Waals surface area (Å²) in [6.45, 7) is 3.88. The van der Waals surface area contributed by atoms with Crippen LogP contribution in [0.3, 0.4) is 0 Å². The van der Waals surface area contributed by atoms with Crippen LogP contribution in [-0.4, -0.2) is 28.0 Å². The number of thiophene rings is 1. The van der Waals surface area contributed by atoms with E-state index in [0.29, 0.717) is 22.1 Å². The van der Waals surface area contributed by atoms with Crippen LogP contribution in [0, 0.1) is 25.2 Å². The fraction of sp³-hybridized carbons (Fsp3) is 0.125. The fourth-order valence-corrected chi connectivity index (χ4v) is 4.24. The Labute approximate surface area is 189 Å². The highest BCUT2D eigenvalue weighted by Gasteiger charge is 2.22. The number of benzene rings is 2. The normalized spacial score (nSPS) is 10.6. The van der Waals surface area contributed by atoms with E-state index >= 15 is 0 Å². The van der Waals surface area contributed by atoms with Crippen LogP contribution in [0.5, 0.6) is 5.75 Å². The SMILES string of the molecule is COc1ccc(Nc2c(-c3csc(C#N)c3)c(C)nn2-c2ccccc2C)c(C(=O)O)c1. The number of carbonyl (C=O) groups is 1. The van der Waals surface area contributed by atoms with Crippen molar-refractivity contribution in [3.63, 3.8) is 0 Å². The summed E-state index contributed by atoms with van der Waals surface area (Å²) >= 11 is 1.35. The Morgan fingerprint density at radius 2 is 2.00 bits per heavy atom. The predicted octanol–water partition coefficient (Wildman–Crippen LogP) is 5.54. The van der Waals surface area contributed by atoms with Crippen molar-refractivity contribution >= 4 is 28.8 Å². The molecule has 0 aliphatic heterocycles. The van der Waals surface area contributed by atoms with E-state index in [4.69, 9.17) is 9.84 Å². The Balaban J connectivity index is 1.95. The highest BCUT2D eigenvalue weighted by Crippen LogP contribution is 2.38. The molecule has 4 rings (SSSR count). The molecule has 7 nitrogen and oxygen atoms in total. The Hall–Kier alpha value is -4.09. The standard InChI is InChI=1S/C24H20N4O3S/c1-14-6-4-5-7-21(14)28-23(22(15(2)27-28)16-10-18(12-25)32-13-16)26-20-9-8-17(31-3)11-19(20)24(29)30/h4-11,13,26H,1-3H3,(H,29,30). The average molecular weight is 445 g/mol. The summed E-state index contributed by atoms with van der Waals surface area (Å²) in [5, 5.41) is 29.0. The average Bonchev–Trinajstić information content (AvgIpc) is 3.38. The number of hydrogen-bond acceptors (Lipinski definition) is 6. The number of aryl methyl sites for hydroxylation is 2. The van der Waals surface area contributed by atoms with Gasteiger partial charge in [-0.25, -0.2) is 9.48 Å². The van der Waals surface area contributed by atoms with E-state index in [1.807, 2.05) is 49.6 Å². The Bertz CT molecular complexity index is 1360. The number of anilines is 2. The highest BCUT2D eigenvalue weighted by molar-refractivity contribution is 7.10. The summed E-state index contributed by atoms with van der Waals surface area (Å²) in [6, 6.07) is 16.7. The summed E-state index contributed by atoms with van der Waals surface area (Å²) in [6.07, 6.45) is 0. The van der Waals surface area contributed by atoms with E-state index < -0.39 is 5.97 Å². The molecule has 0 unspecified atom stereocenters. The van der Waals surface area contributed by atoms with Crippen LogP contribution in [-0.2, 0) is 0 Å². The molecule has 2 aromatic carbocycles. The molecule has 2 heterocycles. The van der Waals surface area contributed by atoms with Gasteiger partial charge < -0.3 is 15.2 Å². The zero-order valence-corrected chi connectivity index (χ0v) is 18.5. The molecule has 160 valence electrons. The van der Waals surface area contributed by atoms with E-state index in [2.05, 4.69) is 11.4 Å². The molecular weight excluding hydrogens is 424 g/mol. The third-order valence-electron chi connectivity index (χ3n) is 5.11. The fourth-order valence-electron chi connectivity index (χ4n) is 3.55. The topological polar surface area (TPSA) is 100 Å². The Morgan fingerprint density at radius 1 is 1.22 bits per heavy atom. The van der Waals surface area contributed by atoms with E-state index in [1.54, 1.807) is 16.8 Å². The summed E-state index contributed by atoms with van der Waals surface area (Å²) in [5.41, 5.74) is 4.77. The molecule has 0 amide bonds. The summed E-state index contributed by atoms with van der Waals surface area (Å²) in [5.74, 6) is -0.00560. The molecule has 32 heavy (non-hydrogen) atoms. The largest absolute Gasteiger partial charge is 0.497 e. The molecule has 0 saturated heterocycles. The van der Waals surface area contributed by atoms with Gasteiger partial charge >= 0.3 is 5.97 Å². The second-order valence-corrected chi connectivity index (χ2v) is 8.07. The number of nitriles is 1. The van der Waals surface area contributed by atoms with Crippen molar-refractivity contribution in [2.75, 3.05) is 12.4 Å². The number of nitrogens with zero attached hydrogens (tertiary/aromatic N) is 3. The van der Waals surface area contributed by atoms with Crippen LogP contribution in [0.4, 0.5) is 11.5 Å².